The fourth-order valence-corrected chi connectivity index (χ4v) is 2.96. The first-order valence-corrected chi connectivity index (χ1v) is 6.65. The molecule has 0 atom stereocenters. The van der Waals surface area contributed by atoms with E-state index in [9.17, 15) is 0 Å². The molecule has 0 amide bonds. The summed E-state index contributed by atoms with van der Waals surface area (Å²) in [5.41, 5.74) is 9.35. The molecule has 0 radical (unpaired) electrons. The molecule has 0 bridgehead atoms. The minimum absolute atomic E-state index is 0.415. The first-order valence-electron chi connectivity index (χ1n) is 6.65. The van der Waals surface area contributed by atoms with Crippen LogP contribution in [0, 0.1) is 0 Å². The van der Waals surface area contributed by atoms with Crippen molar-refractivity contribution in [3.8, 4) is 11.1 Å². The van der Waals surface area contributed by atoms with Crippen molar-refractivity contribution < 1.29 is 4.52 Å². The van der Waals surface area contributed by atoms with Crippen LogP contribution in [0.2, 0.25) is 0 Å². The van der Waals surface area contributed by atoms with Gasteiger partial charge < -0.3 is 10.3 Å². The number of rotatable bonds is 2. The number of nitrogens with zero attached hydrogens (tertiary/aromatic N) is 1. The Bertz CT molecular complexity index is 527. The Morgan fingerprint density at radius 2 is 1.83 bits per heavy atom. The van der Waals surface area contributed by atoms with Gasteiger partial charge in [-0.3, -0.25) is 0 Å². The van der Waals surface area contributed by atoms with Crippen molar-refractivity contribution in [1.82, 2.24) is 5.16 Å². The smallest absolute Gasteiger partial charge is 0.229 e. The standard InChI is InChI=1S/C15H18N2O/c16-15-14(10-17-18-15)13-9-5-4-8-12(13)11-6-2-1-3-7-11/h4-5,8-11H,1-3,6-7,16H2. The lowest BCUT2D eigenvalue weighted by Crippen LogP contribution is -2.06. The molecular weight excluding hydrogens is 224 g/mol. The van der Waals surface area contributed by atoms with Crippen molar-refractivity contribution in [2.75, 3.05) is 5.73 Å². The van der Waals surface area contributed by atoms with Crippen LogP contribution in [0.5, 0.6) is 0 Å². The van der Waals surface area contributed by atoms with E-state index in [0.29, 0.717) is 11.8 Å². The first kappa shape index (κ1) is 11.3. The van der Waals surface area contributed by atoms with E-state index < -0.39 is 0 Å². The van der Waals surface area contributed by atoms with Crippen LogP contribution in [-0.2, 0) is 0 Å². The highest BCUT2D eigenvalue weighted by Crippen LogP contribution is 2.39. The molecule has 3 rings (SSSR count). The van der Waals surface area contributed by atoms with E-state index in [2.05, 4.69) is 23.4 Å². The molecule has 0 saturated heterocycles. The molecule has 1 aliphatic carbocycles. The van der Waals surface area contributed by atoms with Gasteiger partial charge in [-0.2, -0.15) is 0 Å². The van der Waals surface area contributed by atoms with Gasteiger partial charge in [0.2, 0.25) is 5.88 Å². The van der Waals surface area contributed by atoms with Gasteiger partial charge in [0.15, 0.2) is 0 Å². The molecule has 0 unspecified atom stereocenters. The summed E-state index contributed by atoms with van der Waals surface area (Å²) in [6.45, 7) is 0. The molecule has 0 aliphatic heterocycles. The lowest BCUT2D eigenvalue weighted by molar-refractivity contribution is 0.436. The van der Waals surface area contributed by atoms with Crippen molar-refractivity contribution in [2.45, 2.75) is 38.0 Å². The van der Waals surface area contributed by atoms with Crippen LogP contribution in [-0.4, -0.2) is 5.16 Å². The molecule has 3 heteroatoms. The summed E-state index contributed by atoms with van der Waals surface area (Å²) in [4.78, 5) is 0. The summed E-state index contributed by atoms with van der Waals surface area (Å²) < 4.78 is 4.99. The SMILES string of the molecule is Nc1oncc1-c1ccccc1C1CCCCC1. The number of benzene rings is 1. The van der Waals surface area contributed by atoms with Crippen LogP contribution in [0.4, 0.5) is 5.88 Å². The predicted octanol–water partition coefficient (Wildman–Crippen LogP) is 3.97. The maximum Gasteiger partial charge on any atom is 0.229 e. The second kappa shape index (κ2) is 4.84. The van der Waals surface area contributed by atoms with Crippen LogP contribution in [0.25, 0.3) is 11.1 Å². The Hall–Kier alpha value is -1.77. The minimum atomic E-state index is 0.415. The Labute approximate surface area is 107 Å². The predicted molar refractivity (Wildman–Crippen MR) is 72.2 cm³/mol. The van der Waals surface area contributed by atoms with Gasteiger partial charge in [-0.05, 0) is 29.9 Å². The minimum Gasteiger partial charge on any atom is -0.367 e. The van der Waals surface area contributed by atoms with Gasteiger partial charge in [0.05, 0.1) is 11.8 Å². The zero-order valence-corrected chi connectivity index (χ0v) is 10.4. The number of hydrogen-bond acceptors (Lipinski definition) is 3. The van der Waals surface area contributed by atoms with E-state index in [1.54, 1.807) is 6.20 Å². The molecule has 1 saturated carbocycles. The summed E-state index contributed by atoms with van der Waals surface area (Å²) in [5.74, 6) is 1.07. The van der Waals surface area contributed by atoms with Gasteiger partial charge in [-0.1, -0.05) is 48.7 Å². The number of aromatic nitrogens is 1. The molecule has 1 fully saturated rings. The largest absolute Gasteiger partial charge is 0.367 e. The average Bonchev–Trinajstić information content (AvgIpc) is 2.86. The Morgan fingerprint density at radius 3 is 2.56 bits per heavy atom. The molecular formula is C15H18N2O. The number of anilines is 1. The van der Waals surface area contributed by atoms with Gasteiger partial charge in [-0.15, -0.1) is 0 Å². The third-order valence-corrected chi connectivity index (χ3v) is 3.89. The molecule has 0 spiro atoms. The Balaban J connectivity index is 2.02. The highest BCUT2D eigenvalue weighted by molar-refractivity contribution is 5.75. The van der Waals surface area contributed by atoms with Crippen molar-refractivity contribution in [3.63, 3.8) is 0 Å². The average molecular weight is 242 g/mol. The van der Waals surface area contributed by atoms with E-state index >= 15 is 0 Å². The second-order valence-electron chi connectivity index (χ2n) is 5.03. The normalized spacial score (nSPS) is 16.9. The topological polar surface area (TPSA) is 52.0 Å². The lowest BCUT2D eigenvalue weighted by Gasteiger charge is -2.24. The molecule has 1 heterocycles. The quantitative estimate of drug-likeness (QED) is 0.866. The summed E-state index contributed by atoms with van der Waals surface area (Å²) in [7, 11) is 0. The van der Waals surface area contributed by atoms with Crippen LogP contribution < -0.4 is 5.73 Å². The second-order valence-corrected chi connectivity index (χ2v) is 5.03. The van der Waals surface area contributed by atoms with Gasteiger partial charge in [0.25, 0.3) is 0 Å². The van der Waals surface area contributed by atoms with E-state index in [0.717, 1.165) is 5.56 Å². The zero-order chi connectivity index (χ0) is 12.4. The molecule has 18 heavy (non-hydrogen) atoms. The van der Waals surface area contributed by atoms with E-state index in [1.807, 2.05) is 6.07 Å². The van der Waals surface area contributed by atoms with Gasteiger partial charge in [0.1, 0.15) is 0 Å². The summed E-state index contributed by atoms with van der Waals surface area (Å²) in [6.07, 6.45) is 8.31. The first-order chi connectivity index (χ1) is 8.86. The fraction of sp³-hybridized carbons (Fsp3) is 0.400. The Morgan fingerprint density at radius 1 is 1.06 bits per heavy atom. The van der Waals surface area contributed by atoms with Gasteiger partial charge in [0, 0.05) is 0 Å². The monoisotopic (exact) mass is 242 g/mol. The van der Waals surface area contributed by atoms with E-state index in [-0.39, 0.29) is 0 Å². The third-order valence-electron chi connectivity index (χ3n) is 3.89. The van der Waals surface area contributed by atoms with E-state index in [1.165, 1.54) is 43.2 Å². The molecule has 3 nitrogen and oxygen atoms in total. The molecule has 1 aliphatic rings. The molecule has 94 valence electrons. The third kappa shape index (κ3) is 2.01. The number of nitrogens with two attached hydrogens (primary N) is 1. The maximum absolute atomic E-state index is 5.84. The molecule has 2 N–H and O–H groups in total. The lowest BCUT2D eigenvalue weighted by atomic mass is 9.81. The van der Waals surface area contributed by atoms with Crippen molar-refractivity contribution in [1.29, 1.82) is 0 Å². The summed E-state index contributed by atoms with van der Waals surface area (Å²) in [5, 5.41) is 3.78. The molecule has 1 aromatic heterocycles. The summed E-state index contributed by atoms with van der Waals surface area (Å²) >= 11 is 0. The highest BCUT2D eigenvalue weighted by Gasteiger charge is 2.20. The van der Waals surface area contributed by atoms with Crippen LogP contribution >= 0.6 is 0 Å². The fourth-order valence-electron chi connectivity index (χ4n) is 2.96. The number of hydrogen-bond donors (Lipinski definition) is 1. The van der Waals surface area contributed by atoms with Crippen LogP contribution in [0.3, 0.4) is 0 Å². The molecule has 1 aromatic carbocycles. The van der Waals surface area contributed by atoms with E-state index in [4.69, 9.17) is 10.3 Å². The number of nitrogen functional groups attached to an aromatic ring is 1. The van der Waals surface area contributed by atoms with Crippen molar-refractivity contribution in [2.24, 2.45) is 0 Å². The van der Waals surface area contributed by atoms with Crippen LogP contribution in [0.15, 0.2) is 35.0 Å². The van der Waals surface area contributed by atoms with Crippen molar-refractivity contribution >= 4 is 5.88 Å². The Kier molecular flexibility index (Phi) is 3.05. The highest BCUT2D eigenvalue weighted by atomic mass is 16.5. The van der Waals surface area contributed by atoms with Gasteiger partial charge in [-0.25, -0.2) is 0 Å². The maximum atomic E-state index is 5.84. The zero-order valence-electron chi connectivity index (χ0n) is 10.4. The summed E-state index contributed by atoms with van der Waals surface area (Å²) in [6, 6.07) is 8.50. The van der Waals surface area contributed by atoms with Crippen molar-refractivity contribution in [3.05, 3.63) is 36.0 Å². The van der Waals surface area contributed by atoms with Crippen LogP contribution in [0.1, 0.15) is 43.6 Å². The molecule has 2 aromatic rings. The van der Waals surface area contributed by atoms with Gasteiger partial charge >= 0.3 is 0 Å².